The van der Waals surface area contributed by atoms with Crippen LogP contribution in [0.1, 0.15) is 11.6 Å². The van der Waals surface area contributed by atoms with Gasteiger partial charge >= 0.3 is 0 Å². The molecule has 0 aromatic heterocycles. The standard InChI is InChI=1S/C8H10F2N2O/c9-5-2-1-4(6(12)3-11)8(13)7(5)10/h1-2,6,13H,3,11-12H2/t6-/m0/s1. The molecule has 0 aliphatic heterocycles. The van der Waals surface area contributed by atoms with E-state index in [1.165, 1.54) is 6.07 Å². The summed E-state index contributed by atoms with van der Waals surface area (Å²) in [7, 11) is 0. The van der Waals surface area contributed by atoms with Gasteiger partial charge in [0, 0.05) is 18.2 Å². The molecule has 0 aliphatic carbocycles. The normalized spacial score (nSPS) is 12.9. The van der Waals surface area contributed by atoms with E-state index in [1.54, 1.807) is 0 Å². The molecule has 72 valence electrons. The Kier molecular flexibility index (Phi) is 2.79. The molecule has 0 saturated heterocycles. The summed E-state index contributed by atoms with van der Waals surface area (Å²) in [5.41, 5.74) is 10.8. The third kappa shape index (κ3) is 1.76. The molecule has 1 rings (SSSR count). The molecular weight excluding hydrogens is 178 g/mol. The number of rotatable bonds is 2. The minimum absolute atomic E-state index is 0.0542. The van der Waals surface area contributed by atoms with Crippen molar-refractivity contribution in [2.45, 2.75) is 6.04 Å². The van der Waals surface area contributed by atoms with Crippen molar-refractivity contribution in [1.29, 1.82) is 0 Å². The first-order chi connectivity index (χ1) is 6.07. The van der Waals surface area contributed by atoms with E-state index in [1.807, 2.05) is 0 Å². The quantitative estimate of drug-likeness (QED) is 0.637. The Hall–Kier alpha value is -1.20. The van der Waals surface area contributed by atoms with Crippen LogP contribution in [0.4, 0.5) is 8.78 Å². The highest BCUT2D eigenvalue weighted by atomic mass is 19.2. The van der Waals surface area contributed by atoms with Crippen LogP contribution in [0.3, 0.4) is 0 Å². The number of benzene rings is 1. The minimum Gasteiger partial charge on any atom is -0.505 e. The third-order valence-electron chi connectivity index (χ3n) is 1.75. The van der Waals surface area contributed by atoms with Crippen LogP contribution in [0.5, 0.6) is 5.75 Å². The SMILES string of the molecule is NC[C@H](N)c1ccc(F)c(F)c1O. The maximum atomic E-state index is 12.8. The molecule has 0 bridgehead atoms. The average Bonchev–Trinajstić information content (AvgIpc) is 2.13. The van der Waals surface area contributed by atoms with Crippen LogP contribution in [0, 0.1) is 11.6 Å². The second-order valence-electron chi connectivity index (χ2n) is 2.64. The molecule has 0 saturated carbocycles. The molecule has 0 heterocycles. The minimum atomic E-state index is -1.29. The van der Waals surface area contributed by atoms with Crippen LogP contribution in [0.15, 0.2) is 12.1 Å². The van der Waals surface area contributed by atoms with Crippen molar-refractivity contribution in [2.75, 3.05) is 6.54 Å². The fourth-order valence-electron chi connectivity index (χ4n) is 0.981. The first-order valence-corrected chi connectivity index (χ1v) is 3.70. The topological polar surface area (TPSA) is 72.3 Å². The highest BCUT2D eigenvalue weighted by Gasteiger charge is 2.16. The third-order valence-corrected chi connectivity index (χ3v) is 1.75. The van der Waals surface area contributed by atoms with Gasteiger partial charge in [0.2, 0.25) is 5.82 Å². The molecule has 0 unspecified atom stereocenters. The second kappa shape index (κ2) is 3.68. The maximum Gasteiger partial charge on any atom is 0.200 e. The van der Waals surface area contributed by atoms with Crippen LogP contribution in [-0.4, -0.2) is 11.7 Å². The summed E-state index contributed by atoms with van der Waals surface area (Å²) < 4.78 is 25.3. The van der Waals surface area contributed by atoms with Gasteiger partial charge in [-0.05, 0) is 6.07 Å². The smallest absolute Gasteiger partial charge is 0.200 e. The molecule has 0 aliphatic rings. The Labute approximate surface area is 74.0 Å². The van der Waals surface area contributed by atoms with Gasteiger partial charge in [-0.3, -0.25) is 0 Å². The fraction of sp³-hybridized carbons (Fsp3) is 0.250. The molecule has 5 heteroatoms. The lowest BCUT2D eigenvalue weighted by Gasteiger charge is -2.11. The summed E-state index contributed by atoms with van der Waals surface area (Å²) in [4.78, 5) is 0. The molecule has 0 radical (unpaired) electrons. The van der Waals surface area contributed by atoms with E-state index in [-0.39, 0.29) is 12.1 Å². The largest absolute Gasteiger partial charge is 0.505 e. The van der Waals surface area contributed by atoms with Gasteiger partial charge < -0.3 is 16.6 Å². The lowest BCUT2D eigenvalue weighted by atomic mass is 10.1. The molecule has 1 aromatic carbocycles. The molecule has 0 spiro atoms. The molecular formula is C8H10F2N2O. The summed E-state index contributed by atoms with van der Waals surface area (Å²) in [6.07, 6.45) is 0. The summed E-state index contributed by atoms with van der Waals surface area (Å²) in [6, 6.07) is 1.43. The predicted molar refractivity (Wildman–Crippen MR) is 44.0 cm³/mol. The van der Waals surface area contributed by atoms with Crippen molar-refractivity contribution in [3.05, 3.63) is 29.3 Å². The first kappa shape index (κ1) is 9.88. The van der Waals surface area contributed by atoms with Crippen LogP contribution in [0.25, 0.3) is 0 Å². The number of phenols is 1. The van der Waals surface area contributed by atoms with E-state index in [2.05, 4.69) is 0 Å². The molecule has 3 nitrogen and oxygen atoms in total. The van der Waals surface area contributed by atoms with Crippen molar-refractivity contribution in [2.24, 2.45) is 11.5 Å². The van der Waals surface area contributed by atoms with Crippen molar-refractivity contribution >= 4 is 0 Å². The molecule has 5 N–H and O–H groups in total. The van der Waals surface area contributed by atoms with Gasteiger partial charge in [-0.15, -0.1) is 0 Å². The van der Waals surface area contributed by atoms with E-state index in [0.717, 1.165) is 6.07 Å². The highest BCUT2D eigenvalue weighted by molar-refractivity contribution is 5.36. The number of aromatic hydroxyl groups is 1. The number of phenolic OH excluding ortho intramolecular Hbond substituents is 1. The van der Waals surface area contributed by atoms with Crippen LogP contribution in [-0.2, 0) is 0 Å². The van der Waals surface area contributed by atoms with Crippen molar-refractivity contribution in [1.82, 2.24) is 0 Å². The summed E-state index contributed by atoms with van der Waals surface area (Å²) in [5.74, 6) is -3.16. The lowest BCUT2D eigenvalue weighted by Crippen LogP contribution is -2.21. The average molecular weight is 188 g/mol. The van der Waals surface area contributed by atoms with Gasteiger partial charge in [-0.25, -0.2) is 4.39 Å². The first-order valence-electron chi connectivity index (χ1n) is 3.70. The molecule has 1 atom stereocenters. The Balaban J connectivity index is 3.18. The van der Waals surface area contributed by atoms with E-state index < -0.39 is 23.4 Å². The van der Waals surface area contributed by atoms with Crippen molar-refractivity contribution in [3.63, 3.8) is 0 Å². The number of halogens is 2. The van der Waals surface area contributed by atoms with Crippen LogP contribution in [0.2, 0.25) is 0 Å². The summed E-state index contributed by atoms with van der Waals surface area (Å²) in [5, 5.41) is 9.13. The Bertz CT molecular complexity index is 317. The van der Waals surface area contributed by atoms with Gasteiger partial charge in [0.1, 0.15) is 0 Å². The molecule has 0 fully saturated rings. The van der Waals surface area contributed by atoms with Gasteiger partial charge in [-0.1, -0.05) is 6.07 Å². The Morgan fingerprint density at radius 2 is 2.00 bits per heavy atom. The Morgan fingerprint density at radius 1 is 1.38 bits per heavy atom. The monoisotopic (exact) mass is 188 g/mol. The Morgan fingerprint density at radius 3 is 2.54 bits per heavy atom. The lowest BCUT2D eigenvalue weighted by molar-refractivity contribution is 0.397. The van der Waals surface area contributed by atoms with E-state index in [0.29, 0.717) is 0 Å². The molecule has 0 amide bonds. The summed E-state index contributed by atoms with van der Waals surface area (Å²) in [6.45, 7) is 0.0542. The zero-order valence-electron chi connectivity index (χ0n) is 6.80. The zero-order valence-corrected chi connectivity index (χ0v) is 6.80. The number of hydrogen-bond acceptors (Lipinski definition) is 3. The maximum absolute atomic E-state index is 12.8. The zero-order chi connectivity index (χ0) is 10.0. The highest BCUT2D eigenvalue weighted by Crippen LogP contribution is 2.26. The van der Waals surface area contributed by atoms with Gasteiger partial charge in [0.05, 0.1) is 0 Å². The fourth-order valence-corrected chi connectivity index (χ4v) is 0.981. The van der Waals surface area contributed by atoms with E-state index in [9.17, 15) is 8.78 Å². The van der Waals surface area contributed by atoms with Gasteiger partial charge in [0.25, 0.3) is 0 Å². The summed E-state index contributed by atoms with van der Waals surface area (Å²) >= 11 is 0. The predicted octanol–water partition coefficient (Wildman–Crippen LogP) is 0.629. The van der Waals surface area contributed by atoms with Crippen molar-refractivity contribution < 1.29 is 13.9 Å². The van der Waals surface area contributed by atoms with Crippen LogP contribution >= 0.6 is 0 Å². The van der Waals surface area contributed by atoms with Crippen molar-refractivity contribution in [3.8, 4) is 5.75 Å². The number of nitrogens with two attached hydrogens (primary N) is 2. The molecule has 1 aromatic rings. The second-order valence-corrected chi connectivity index (χ2v) is 2.64. The van der Waals surface area contributed by atoms with E-state index in [4.69, 9.17) is 16.6 Å². The van der Waals surface area contributed by atoms with Gasteiger partial charge in [0.15, 0.2) is 11.6 Å². The van der Waals surface area contributed by atoms with Gasteiger partial charge in [-0.2, -0.15) is 4.39 Å². The molecule has 13 heavy (non-hydrogen) atoms. The number of hydrogen-bond donors (Lipinski definition) is 3. The van der Waals surface area contributed by atoms with Crippen LogP contribution < -0.4 is 11.5 Å². The van der Waals surface area contributed by atoms with E-state index >= 15 is 0 Å².